The van der Waals surface area contributed by atoms with Crippen LogP contribution in [0.3, 0.4) is 0 Å². The van der Waals surface area contributed by atoms with E-state index in [1.807, 2.05) is 60.7 Å². The van der Waals surface area contributed by atoms with Crippen molar-refractivity contribution in [3.05, 3.63) is 117 Å². The fraction of sp³-hybridized carbons (Fsp3) is 0.366. The predicted octanol–water partition coefficient (Wildman–Crippen LogP) is 5.70. The maximum absolute atomic E-state index is 16.9. The third-order valence-electron chi connectivity index (χ3n) is 11.2. The van der Waals surface area contributed by atoms with Crippen LogP contribution in [-0.2, 0) is 31.0 Å². The number of carbonyl (C=O) groups is 2. The van der Waals surface area contributed by atoms with Crippen molar-refractivity contribution in [2.75, 3.05) is 27.2 Å². The summed E-state index contributed by atoms with van der Waals surface area (Å²) in [7, 11) is 3.48. The van der Waals surface area contributed by atoms with E-state index in [9.17, 15) is 25.1 Å². The van der Waals surface area contributed by atoms with E-state index >= 15 is 4.39 Å². The number of carbonyl (C=O) groups excluding carboxylic acids is 2. The fourth-order valence-corrected chi connectivity index (χ4v) is 8.69. The Morgan fingerprint density at radius 2 is 1.64 bits per heavy atom. The summed E-state index contributed by atoms with van der Waals surface area (Å²) < 4.78 is 34.8. The van der Waals surface area contributed by atoms with E-state index in [1.165, 1.54) is 0 Å². The van der Waals surface area contributed by atoms with Crippen LogP contribution in [0.2, 0.25) is 0 Å². The zero-order valence-corrected chi connectivity index (χ0v) is 29.5. The molecule has 2 N–H and O–H groups in total. The molecule has 272 valence electrons. The van der Waals surface area contributed by atoms with Crippen LogP contribution in [0.1, 0.15) is 74.8 Å². The lowest BCUT2D eigenvalue weighted by atomic mass is 9.57. The number of fused-ring (bicyclic) bond motifs is 4. The first kappa shape index (κ1) is 34.7. The van der Waals surface area contributed by atoms with Gasteiger partial charge in [0.05, 0.1) is 11.6 Å². The zero-order valence-electron chi connectivity index (χ0n) is 29.5. The molecule has 1 saturated carbocycles. The minimum absolute atomic E-state index is 0.00771. The molecule has 4 aliphatic rings. The number of aliphatic hydroxyl groups is 2. The van der Waals surface area contributed by atoms with Crippen LogP contribution >= 0.6 is 0 Å². The first-order chi connectivity index (χ1) is 25.6. The number of nitriles is 1. The molecule has 11 nitrogen and oxygen atoms in total. The van der Waals surface area contributed by atoms with Gasteiger partial charge in [-0.15, -0.1) is 0 Å². The molecule has 4 atom stereocenters. The summed E-state index contributed by atoms with van der Waals surface area (Å²) in [4.78, 5) is 33.0. The molecular weight excluding hydrogens is 679 g/mol. The van der Waals surface area contributed by atoms with Gasteiger partial charge >= 0.3 is 0 Å². The molecule has 1 saturated heterocycles. The summed E-state index contributed by atoms with van der Waals surface area (Å²) in [5.74, 6) is -4.99. The molecule has 53 heavy (non-hydrogen) atoms. The zero-order chi connectivity index (χ0) is 37.0. The van der Waals surface area contributed by atoms with Gasteiger partial charge in [0, 0.05) is 29.2 Å². The number of hydrogen-bond acceptors (Lipinski definition) is 11. The number of aliphatic hydroxyl groups excluding tert-OH is 1. The van der Waals surface area contributed by atoms with Gasteiger partial charge in [0.1, 0.15) is 47.7 Å². The van der Waals surface area contributed by atoms with Crippen LogP contribution in [-0.4, -0.2) is 69.5 Å². The molecular formula is C41H39FN4O7. The van der Waals surface area contributed by atoms with E-state index < -0.39 is 46.6 Å². The summed E-state index contributed by atoms with van der Waals surface area (Å²) in [5, 5.41) is 39.1. The number of rotatable bonds is 9. The fourth-order valence-electron chi connectivity index (χ4n) is 8.69. The Kier molecular flexibility index (Phi) is 8.89. The van der Waals surface area contributed by atoms with E-state index in [0.717, 1.165) is 37.1 Å². The first-order valence-electron chi connectivity index (χ1n) is 17.9. The third kappa shape index (κ3) is 5.62. The van der Waals surface area contributed by atoms with Crippen LogP contribution in [0.15, 0.2) is 70.8 Å². The lowest BCUT2D eigenvalue weighted by molar-refractivity contribution is -0.142. The summed E-state index contributed by atoms with van der Waals surface area (Å²) in [5.41, 5.74) is -1.25. The average Bonchev–Trinajstić information content (AvgIpc) is 3.84. The molecule has 3 aliphatic carbocycles. The second-order valence-corrected chi connectivity index (χ2v) is 14.6. The Morgan fingerprint density at radius 1 is 1.00 bits per heavy atom. The quantitative estimate of drug-likeness (QED) is 0.205. The number of halogens is 1. The maximum atomic E-state index is 16.9. The highest BCUT2D eigenvalue weighted by atomic mass is 19.1. The number of nitrogens with zero attached hydrogens (tertiary/aromatic N) is 4. The van der Waals surface area contributed by atoms with Crippen molar-refractivity contribution in [2.24, 2.45) is 11.8 Å². The summed E-state index contributed by atoms with van der Waals surface area (Å²) >= 11 is 0. The third-order valence-corrected chi connectivity index (χ3v) is 11.2. The van der Waals surface area contributed by atoms with Crippen molar-refractivity contribution in [1.29, 1.82) is 5.26 Å². The topological polar surface area (TPSA) is 149 Å². The molecule has 2 heterocycles. The van der Waals surface area contributed by atoms with E-state index in [1.54, 1.807) is 19.0 Å². The van der Waals surface area contributed by atoms with Gasteiger partial charge in [0.15, 0.2) is 11.4 Å². The average molecular weight is 719 g/mol. The Hall–Kier alpha value is -5.35. The van der Waals surface area contributed by atoms with E-state index in [0.29, 0.717) is 0 Å². The van der Waals surface area contributed by atoms with Gasteiger partial charge in [-0.2, -0.15) is 5.26 Å². The highest BCUT2D eigenvalue weighted by Gasteiger charge is 2.65. The van der Waals surface area contributed by atoms with Crippen molar-refractivity contribution >= 4 is 17.3 Å². The summed E-state index contributed by atoms with van der Waals surface area (Å²) in [6.45, 7) is 1.77. The monoisotopic (exact) mass is 718 g/mol. The molecule has 0 spiro atoms. The Balaban J connectivity index is 1.24. The molecule has 0 radical (unpaired) electrons. The van der Waals surface area contributed by atoms with Crippen molar-refractivity contribution < 1.29 is 38.2 Å². The molecule has 1 aromatic heterocycles. The molecule has 8 rings (SSSR count). The Labute approximate surface area is 305 Å². The van der Waals surface area contributed by atoms with Crippen LogP contribution in [0.25, 0.3) is 5.76 Å². The SMILES string of the molecule is CN(C)[C@@H]1c2onc(OCc3ccccc3)c2C(=O)[C@@]2(O)C(=O)C3=C(O)c4c(c(F)c(CN5CCCC5)c(C#N)c4OCc4ccccc4)C[C@H]3C[C@@H]12. The highest BCUT2D eigenvalue weighted by molar-refractivity contribution is 6.26. The van der Waals surface area contributed by atoms with Gasteiger partial charge in [-0.1, -0.05) is 60.7 Å². The largest absolute Gasteiger partial charge is 0.507 e. The number of ether oxygens (including phenoxy) is 2. The summed E-state index contributed by atoms with van der Waals surface area (Å²) in [6.07, 6.45) is 1.94. The normalized spacial score (nSPS) is 23.7. The van der Waals surface area contributed by atoms with E-state index in [-0.39, 0.29) is 83.4 Å². The minimum atomic E-state index is -2.63. The second kappa shape index (κ2) is 13.6. The first-order valence-corrected chi connectivity index (χ1v) is 17.9. The number of hydrogen-bond donors (Lipinski definition) is 2. The van der Waals surface area contributed by atoms with Gasteiger partial charge in [-0.05, 0) is 75.1 Å². The highest BCUT2D eigenvalue weighted by Crippen LogP contribution is 2.56. The molecule has 0 unspecified atom stereocenters. The van der Waals surface area contributed by atoms with Crippen molar-refractivity contribution in [1.82, 2.24) is 15.0 Å². The number of ketones is 2. The van der Waals surface area contributed by atoms with Crippen LogP contribution in [0.5, 0.6) is 11.6 Å². The molecule has 4 aromatic rings. The predicted molar refractivity (Wildman–Crippen MR) is 189 cm³/mol. The van der Waals surface area contributed by atoms with Gasteiger partial charge in [0.2, 0.25) is 11.6 Å². The van der Waals surface area contributed by atoms with Gasteiger partial charge < -0.3 is 24.2 Å². The second-order valence-electron chi connectivity index (χ2n) is 14.6. The Morgan fingerprint density at radius 3 is 2.26 bits per heavy atom. The van der Waals surface area contributed by atoms with Crippen LogP contribution in [0, 0.1) is 29.0 Å². The summed E-state index contributed by atoms with van der Waals surface area (Å²) in [6, 6.07) is 19.8. The van der Waals surface area contributed by atoms with Crippen molar-refractivity contribution in [3.8, 4) is 17.7 Å². The number of benzene rings is 3. The maximum Gasteiger partial charge on any atom is 0.265 e. The molecule has 3 aromatic carbocycles. The van der Waals surface area contributed by atoms with Crippen molar-refractivity contribution in [2.45, 2.75) is 57.1 Å². The standard InChI is InChI=1S/C41H39FN4O7/c1-45(2)34-29-18-25-17-26-31(36(51-21-23-11-5-3-6-12-23)27(19-43)28(33(26)42)20-46-15-9-10-16-46)35(47)30(25)38(48)41(29,50)39(49)32-37(34)53-44-40(32)52-22-24-13-7-4-8-14-24/h3-8,11-14,25,29,34,47,50H,9-10,15-18,20-22H2,1-2H3/t25-,29-,34-,41-/m0/s1. The molecule has 0 bridgehead atoms. The van der Waals surface area contributed by atoms with Crippen LogP contribution < -0.4 is 9.47 Å². The van der Waals surface area contributed by atoms with E-state index in [4.69, 9.17) is 14.0 Å². The minimum Gasteiger partial charge on any atom is -0.507 e. The molecule has 0 amide bonds. The lowest BCUT2D eigenvalue weighted by Gasteiger charge is -2.49. The lowest BCUT2D eigenvalue weighted by Crippen LogP contribution is -2.63. The smallest absolute Gasteiger partial charge is 0.265 e. The molecule has 1 aliphatic heterocycles. The van der Waals surface area contributed by atoms with Gasteiger partial charge in [0.25, 0.3) is 5.88 Å². The number of Topliss-reactive ketones (excluding diaryl/α,β-unsaturated/α-hetero) is 2. The van der Waals surface area contributed by atoms with Crippen LogP contribution in [0.4, 0.5) is 4.39 Å². The number of likely N-dealkylation sites (tertiary alicyclic amines) is 1. The van der Waals surface area contributed by atoms with E-state index in [2.05, 4.69) is 16.1 Å². The Bertz CT molecular complexity index is 2170. The van der Waals surface area contributed by atoms with Crippen molar-refractivity contribution in [3.63, 3.8) is 0 Å². The molecule has 2 fully saturated rings. The van der Waals surface area contributed by atoms with Gasteiger partial charge in [-0.3, -0.25) is 19.4 Å². The van der Waals surface area contributed by atoms with Gasteiger partial charge in [-0.25, -0.2) is 4.39 Å². The number of aromatic nitrogens is 1. The molecule has 12 heteroatoms.